The van der Waals surface area contributed by atoms with Crippen LogP contribution in [0, 0.1) is 5.92 Å². The van der Waals surface area contributed by atoms with Crippen LogP contribution < -0.4 is 10.2 Å². The highest BCUT2D eigenvalue weighted by Crippen LogP contribution is 2.28. The first kappa shape index (κ1) is 14.8. The van der Waals surface area contributed by atoms with Gasteiger partial charge in [-0.2, -0.15) is 4.98 Å². The zero-order chi connectivity index (χ0) is 14.9. The average Bonchev–Trinajstić information content (AvgIpc) is 3.06. The van der Waals surface area contributed by atoms with Crippen molar-refractivity contribution in [2.24, 2.45) is 5.92 Å². The Labute approximate surface area is 125 Å². The molecule has 1 unspecified atom stereocenters. The Bertz CT molecular complexity index is 577. The molecule has 118 valence electrons. The molecule has 0 saturated carbocycles. The number of nitrogens with one attached hydrogen (secondary N) is 2. The molecule has 0 aliphatic carbocycles. The predicted molar refractivity (Wildman–Crippen MR) is 81.3 cm³/mol. The van der Waals surface area contributed by atoms with Gasteiger partial charge in [0, 0.05) is 19.0 Å². The maximum atomic E-state index is 11.5. The topological polar surface area (TPSA) is 91.0 Å². The summed E-state index contributed by atoms with van der Waals surface area (Å²) in [6.07, 6.45) is 2.94. The second-order valence-corrected chi connectivity index (χ2v) is 8.34. The van der Waals surface area contributed by atoms with Crippen LogP contribution in [0.3, 0.4) is 0 Å². The minimum Gasteiger partial charge on any atom is -0.340 e. The molecule has 2 N–H and O–H groups in total. The Morgan fingerprint density at radius 2 is 2.10 bits per heavy atom. The Kier molecular flexibility index (Phi) is 4.17. The summed E-state index contributed by atoms with van der Waals surface area (Å²) in [5.74, 6) is 2.62. The quantitative estimate of drug-likeness (QED) is 0.822. The number of piperidine rings is 1. The SMILES string of the molecule is CNCC1CCN(c2n[nH]c(C3CCS(=O)(=O)C3)n2)CC1. The normalized spacial score (nSPS) is 26.3. The van der Waals surface area contributed by atoms with Crippen molar-refractivity contribution < 1.29 is 8.42 Å². The third-order valence-corrected chi connectivity index (χ3v) is 6.27. The van der Waals surface area contributed by atoms with Crippen LogP contribution in [0.4, 0.5) is 5.95 Å². The number of hydrogen-bond acceptors (Lipinski definition) is 6. The van der Waals surface area contributed by atoms with E-state index in [0.29, 0.717) is 6.42 Å². The van der Waals surface area contributed by atoms with Gasteiger partial charge >= 0.3 is 0 Å². The molecule has 3 heterocycles. The van der Waals surface area contributed by atoms with Crippen LogP contribution in [0.25, 0.3) is 0 Å². The molecule has 8 heteroatoms. The fourth-order valence-electron chi connectivity index (χ4n) is 3.23. The summed E-state index contributed by atoms with van der Waals surface area (Å²) in [4.78, 5) is 6.72. The second kappa shape index (κ2) is 5.92. The van der Waals surface area contributed by atoms with Crippen LogP contribution in [-0.2, 0) is 9.84 Å². The molecule has 0 radical (unpaired) electrons. The number of hydrogen-bond donors (Lipinski definition) is 2. The maximum Gasteiger partial charge on any atom is 0.244 e. The number of H-pyrrole nitrogens is 1. The molecule has 3 rings (SSSR count). The monoisotopic (exact) mass is 313 g/mol. The fraction of sp³-hybridized carbons (Fsp3) is 0.846. The van der Waals surface area contributed by atoms with Gasteiger partial charge in [-0.3, -0.25) is 5.10 Å². The first-order valence-corrected chi connectivity index (χ1v) is 9.42. The first-order valence-electron chi connectivity index (χ1n) is 7.59. The summed E-state index contributed by atoms with van der Waals surface area (Å²) in [7, 11) is -0.892. The van der Waals surface area contributed by atoms with Crippen molar-refractivity contribution in [2.45, 2.75) is 25.2 Å². The predicted octanol–water partition coefficient (Wildman–Crippen LogP) is 0.143. The molecule has 1 aromatic rings. The van der Waals surface area contributed by atoms with Crippen LogP contribution in [0.1, 0.15) is 31.0 Å². The lowest BCUT2D eigenvalue weighted by atomic mass is 9.97. The van der Waals surface area contributed by atoms with Crippen LogP contribution >= 0.6 is 0 Å². The van der Waals surface area contributed by atoms with Crippen LogP contribution in [0.5, 0.6) is 0 Å². The smallest absolute Gasteiger partial charge is 0.244 e. The summed E-state index contributed by atoms with van der Waals surface area (Å²) < 4.78 is 23.1. The van der Waals surface area contributed by atoms with E-state index in [9.17, 15) is 8.42 Å². The van der Waals surface area contributed by atoms with Gasteiger partial charge < -0.3 is 10.2 Å². The van der Waals surface area contributed by atoms with E-state index in [1.54, 1.807) is 0 Å². The molecule has 1 atom stereocenters. The van der Waals surface area contributed by atoms with Crippen molar-refractivity contribution >= 4 is 15.8 Å². The second-order valence-electron chi connectivity index (χ2n) is 6.11. The molecule has 0 spiro atoms. The fourth-order valence-corrected chi connectivity index (χ4v) is 4.97. The standard InChI is InChI=1S/C13H23N5O2S/c1-14-8-10-2-5-18(6-3-10)13-15-12(16-17-13)11-4-7-21(19,20)9-11/h10-11,14H,2-9H2,1H3,(H,15,16,17). The lowest BCUT2D eigenvalue weighted by Gasteiger charge is -2.31. The Hall–Kier alpha value is -1.15. The van der Waals surface area contributed by atoms with E-state index >= 15 is 0 Å². The van der Waals surface area contributed by atoms with E-state index in [1.165, 1.54) is 0 Å². The maximum absolute atomic E-state index is 11.5. The molecule has 1 aromatic heterocycles. The Morgan fingerprint density at radius 1 is 1.33 bits per heavy atom. The lowest BCUT2D eigenvalue weighted by Crippen LogP contribution is -2.37. The zero-order valence-corrected chi connectivity index (χ0v) is 13.2. The molecule has 0 bridgehead atoms. The summed E-state index contributed by atoms with van der Waals surface area (Å²) in [5.41, 5.74) is 0. The van der Waals surface area contributed by atoms with Crippen molar-refractivity contribution in [3.63, 3.8) is 0 Å². The molecule has 2 saturated heterocycles. The van der Waals surface area contributed by atoms with Gasteiger partial charge in [0.25, 0.3) is 0 Å². The molecule has 2 aliphatic heterocycles. The van der Waals surface area contributed by atoms with Crippen molar-refractivity contribution in [3.05, 3.63) is 5.82 Å². The van der Waals surface area contributed by atoms with Gasteiger partial charge in [-0.1, -0.05) is 0 Å². The minimum absolute atomic E-state index is 0.0157. The number of nitrogens with zero attached hydrogens (tertiary/aromatic N) is 3. The van der Waals surface area contributed by atoms with Gasteiger partial charge in [-0.15, -0.1) is 5.10 Å². The lowest BCUT2D eigenvalue weighted by molar-refractivity contribution is 0.391. The summed E-state index contributed by atoms with van der Waals surface area (Å²) >= 11 is 0. The van der Waals surface area contributed by atoms with Gasteiger partial charge in [0.1, 0.15) is 5.82 Å². The third kappa shape index (κ3) is 3.37. The molecule has 0 aromatic carbocycles. The molecule has 2 aliphatic rings. The Morgan fingerprint density at radius 3 is 2.71 bits per heavy atom. The van der Waals surface area contributed by atoms with E-state index < -0.39 is 9.84 Å². The number of sulfone groups is 1. The summed E-state index contributed by atoms with van der Waals surface area (Å²) in [6, 6.07) is 0. The van der Waals surface area contributed by atoms with Gasteiger partial charge in [-0.25, -0.2) is 8.42 Å². The van der Waals surface area contributed by atoms with Gasteiger partial charge in [-0.05, 0) is 38.8 Å². The molecule has 7 nitrogen and oxygen atoms in total. The molecule has 21 heavy (non-hydrogen) atoms. The summed E-state index contributed by atoms with van der Waals surface area (Å²) in [5, 5.41) is 10.5. The van der Waals surface area contributed by atoms with Crippen molar-refractivity contribution in [1.82, 2.24) is 20.5 Å². The van der Waals surface area contributed by atoms with E-state index in [2.05, 4.69) is 25.4 Å². The highest BCUT2D eigenvalue weighted by molar-refractivity contribution is 7.91. The van der Waals surface area contributed by atoms with Crippen LogP contribution in [0.2, 0.25) is 0 Å². The highest BCUT2D eigenvalue weighted by Gasteiger charge is 2.32. The van der Waals surface area contributed by atoms with E-state index in [-0.39, 0.29) is 17.4 Å². The van der Waals surface area contributed by atoms with Crippen molar-refractivity contribution in [1.29, 1.82) is 0 Å². The molecule has 2 fully saturated rings. The summed E-state index contributed by atoms with van der Waals surface area (Å²) in [6.45, 7) is 2.99. The number of rotatable bonds is 4. The number of aromatic amines is 1. The molecular weight excluding hydrogens is 290 g/mol. The van der Waals surface area contributed by atoms with E-state index in [4.69, 9.17) is 0 Å². The molecule has 0 amide bonds. The number of anilines is 1. The van der Waals surface area contributed by atoms with Gasteiger partial charge in [0.2, 0.25) is 5.95 Å². The van der Waals surface area contributed by atoms with E-state index in [0.717, 1.165) is 50.2 Å². The van der Waals surface area contributed by atoms with E-state index in [1.807, 2.05) is 7.05 Å². The van der Waals surface area contributed by atoms with Gasteiger partial charge in [0.05, 0.1) is 11.5 Å². The number of aromatic nitrogens is 3. The van der Waals surface area contributed by atoms with Crippen molar-refractivity contribution in [2.75, 3.05) is 43.1 Å². The van der Waals surface area contributed by atoms with Gasteiger partial charge in [0.15, 0.2) is 9.84 Å². The largest absolute Gasteiger partial charge is 0.340 e. The average molecular weight is 313 g/mol. The minimum atomic E-state index is -2.88. The third-order valence-electron chi connectivity index (χ3n) is 4.50. The first-order chi connectivity index (χ1) is 10.1. The zero-order valence-electron chi connectivity index (χ0n) is 12.4. The highest BCUT2D eigenvalue weighted by atomic mass is 32.2. The van der Waals surface area contributed by atoms with Crippen LogP contribution in [-0.4, -0.2) is 61.8 Å². The van der Waals surface area contributed by atoms with Crippen molar-refractivity contribution in [3.8, 4) is 0 Å². The molecular formula is C13H23N5O2S. The van der Waals surface area contributed by atoms with Crippen LogP contribution in [0.15, 0.2) is 0 Å². The Balaban J connectivity index is 1.61.